The first-order chi connectivity index (χ1) is 15.5. The summed E-state index contributed by atoms with van der Waals surface area (Å²) >= 11 is 0. The average molecular weight is 434 g/mol. The molecule has 1 aliphatic heterocycles. The Balaban J connectivity index is 1.60. The molecule has 0 aliphatic carbocycles. The molecular weight excluding hydrogens is 411 g/mol. The first kappa shape index (κ1) is 21.4. The number of carbonyl (C=O) groups excluding carboxylic acids is 1. The minimum atomic E-state index is -0.599. The molecule has 2 atom stereocenters. The Morgan fingerprint density at radius 3 is 2.84 bits per heavy atom. The van der Waals surface area contributed by atoms with Crippen LogP contribution in [0.4, 0.5) is 10.2 Å². The summed E-state index contributed by atoms with van der Waals surface area (Å²) in [6.07, 6.45) is 6.23. The number of nitrogens with one attached hydrogen (secondary N) is 1. The Kier molecular flexibility index (Phi) is 6.07. The monoisotopic (exact) mass is 434 g/mol. The van der Waals surface area contributed by atoms with Gasteiger partial charge in [-0.25, -0.2) is 14.4 Å². The number of carbonyl (C=O) groups is 1. The molecule has 0 saturated carbocycles. The zero-order chi connectivity index (χ0) is 22.7. The van der Waals surface area contributed by atoms with Gasteiger partial charge in [-0.3, -0.25) is 4.79 Å². The molecule has 3 aromatic rings. The van der Waals surface area contributed by atoms with Crippen molar-refractivity contribution in [3.8, 4) is 11.8 Å². The van der Waals surface area contributed by atoms with Crippen molar-refractivity contribution in [2.75, 3.05) is 18.4 Å². The van der Waals surface area contributed by atoms with Gasteiger partial charge in [0.1, 0.15) is 11.8 Å². The van der Waals surface area contributed by atoms with Gasteiger partial charge in [-0.2, -0.15) is 15.5 Å². The summed E-state index contributed by atoms with van der Waals surface area (Å²) in [4.78, 5) is 25.3. The lowest BCUT2D eigenvalue weighted by Gasteiger charge is -2.40. The largest absolute Gasteiger partial charge is 0.366 e. The molecule has 1 N–H and O–H groups in total. The van der Waals surface area contributed by atoms with Crippen LogP contribution in [0.3, 0.4) is 0 Å². The minimum Gasteiger partial charge on any atom is -0.366 e. The van der Waals surface area contributed by atoms with Gasteiger partial charge in [0.2, 0.25) is 0 Å². The van der Waals surface area contributed by atoms with Gasteiger partial charge in [0.05, 0.1) is 24.0 Å². The lowest BCUT2D eigenvalue weighted by molar-refractivity contribution is 0.0533. The van der Waals surface area contributed by atoms with Gasteiger partial charge in [0.25, 0.3) is 5.91 Å². The van der Waals surface area contributed by atoms with Crippen LogP contribution in [-0.2, 0) is 0 Å². The zero-order valence-corrected chi connectivity index (χ0v) is 17.9. The molecule has 1 amide bonds. The summed E-state index contributed by atoms with van der Waals surface area (Å²) in [6, 6.07) is 6.42. The minimum absolute atomic E-state index is 0.0595. The molecule has 1 fully saturated rings. The van der Waals surface area contributed by atoms with Gasteiger partial charge in [-0.1, -0.05) is 6.92 Å². The van der Waals surface area contributed by atoms with Crippen molar-refractivity contribution in [2.45, 2.75) is 32.7 Å². The first-order valence-corrected chi connectivity index (χ1v) is 10.4. The Hall–Kier alpha value is -3.87. The molecule has 1 unspecified atom stereocenters. The van der Waals surface area contributed by atoms with Crippen LogP contribution in [0, 0.1) is 30.0 Å². The Labute approximate surface area is 184 Å². The van der Waals surface area contributed by atoms with Crippen molar-refractivity contribution in [1.29, 1.82) is 5.26 Å². The standard InChI is InChI=1S/C22H23FN8O/c1-14-4-3-9-30(19(14)13-26-21-17(23)10-16(11-24)12-25-21)22(32)20-18(6-5-15(2)29-20)31-27-7-8-28-31/h5-8,10,12,14,19H,3-4,9,13H2,1-2H3,(H,25,26)/t14-,19?/m1/s1. The highest BCUT2D eigenvalue weighted by atomic mass is 19.1. The van der Waals surface area contributed by atoms with Crippen molar-refractivity contribution in [1.82, 2.24) is 29.9 Å². The van der Waals surface area contributed by atoms with Gasteiger partial charge < -0.3 is 10.2 Å². The lowest BCUT2D eigenvalue weighted by Crippen LogP contribution is -2.51. The average Bonchev–Trinajstić information content (AvgIpc) is 3.33. The number of nitriles is 1. The number of anilines is 1. The Morgan fingerprint density at radius 2 is 2.12 bits per heavy atom. The smallest absolute Gasteiger partial charge is 0.275 e. The van der Waals surface area contributed by atoms with Crippen LogP contribution in [0.5, 0.6) is 0 Å². The van der Waals surface area contributed by atoms with E-state index in [1.54, 1.807) is 23.4 Å². The molecule has 4 heterocycles. The number of piperidine rings is 1. The van der Waals surface area contributed by atoms with Crippen molar-refractivity contribution in [3.63, 3.8) is 0 Å². The summed E-state index contributed by atoms with van der Waals surface area (Å²) in [5, 5.41) is 20.2. The van der Waals surface area contributed by atoms with E-state index < -0.39 is 5.82 Å². The Morgan fingerprint density at radius 1 is 1.34 bits per heavy atom. The van der Waals surface area contributed by atoms with E-state index >= 15 is 0 Å². The fourth-order valence-electron chi connectivity index (χ4n) is 3.99. The molecule has 0 aromatic carbocycles. The molecule has 0 radical (unpaired) electrons. The van der Waals surface area contributed by atoms with E-state index in [2.05, 4.69) is 32.4 Å². The van der Waals surface area contributed by atoms with E-state index in [0.717, 1.165) is 18.9 Å². The number of likely N-dealkylation sites (tertiary alicyclic amines) is 1. The number of nitrogens with zero attached hydrogens (tertiary/aromatic N) is 7. The van der Waals surface area contributed by atoms with E-state index in [1.807, 2.05) is 19.1 Å². The molecule has 0 bridgehead atoms. The van der Waals surface area contributed by atoms with Gasteiger partial charge in [0.15, 0.2) is 17.3 Å². The van der Waals surface area contributed by atoms with Crippen molar-refractivity contribution in [2.24, 2.45) is 5.92 Å². The quantitative estimate of drug-likeness (QED) is 0.657. The first-order valence-electron chi connectivity index (χ1n) is 10.4. The van der Waals surface area contributed by atoms with Gasteiger partial charge in [-0.15, -0.1) is 4.80 Å². The van der Waals surface area contributed by atoms with Crippen LogP contribution in [-0.4, -0.2) is 54.9 Å². The SMILES string of the molecule is Cc1ccc(-n2nccn2)c(C(=O)N2CCC[C@@H](C)C2CNc2ncc(C#N)cc2F)n1. The molecule has 10 heteroatoms. The van der Waals surface area contributed by atoms with Gasteiger partial charge in [0, 0.05) is 25.0 Å². The predicted octanol–water partition coefficient (Wildman–Crippen LogP) is 2.73. The number of hydrogen-bond acceptors (Lipinski definition) is 7. The number of rotatable bonds is 5. The van der Waals surface area contributed by atoms with Crippen molar-refractivity contribution >= 4 is 11.7 Å². The normalized spacial score (nSPS) is 18.2. The summed E-state index contributed by atoms with van der Waals surface area (Å²) in [7, 11) is 0. The third-order valence-corrected chi connectivity index (χ3v) is 5.68. The summed E-state index contributed by atoms with van der Waals surface area (Å²) in [6.45, 7) is 4.80. The van der Waals surface area contributed by atoms with Crippen LogP contribution in [0.15, 0.2) is 36.8 Å². The third kappa shape index (κ3) is 4.27. The highest BCUT2D eigenvalue weighted by Crippen LogP contribution is 2.27. The van der Waals surface area contributed by atoms with Crippen molar-refractivity contribution in [3.05, 3.63) is 59.6 Å². The van der Waals surface area contributed by atoms with E-state index in [1.165, 1.54) is 11.0 Å². The second kappa shape index (κ2) is 9.09. The number of halogens is 1. The molecule has 0 spiro atoms. The van der Waals surface area contributed by atoms with E-state index in [0.29, 0.717) is 24.5 Å². The second-order valence-electron chi connectivity index (χ2n) is 7.87. The summed E-state index contributed by atoms with van der Waals surface area (Å²) in [5.41, 5.74) is 1.66. The maximum Gasteiger partial charge on any atom is 0.275 e. The number of pyridine rings is 2. The third-order valence-electron chi connectivity index (χ3n) is 5.68. The summed E-state index contributed by atoms with van der Waals surface area (Å²) < 4.78 is 14.3. The summed E-state index contributed by atoms with van der Waals surface area (Å²) in [5.74, 6) is -0.563. The molecule has 1 saturated heterocycles. The molecule has 1 aliphatic rings. The number of hydrogen-bond donors (Lipinski definition) is 1. The highest BCUT2D eigenvalue weighted by molar-refractivity contribution is 5.96. The highest BCUT2D eigenvalue weighted by Gasteiger charge is 2.34. The van der Waals surface area contributed by atoms with Crippen LogP contribution in [0.25, 0.3) is 5.69 Å². The van der Waals surface area contributed by atoms with E-state index in [9.17, 15) is 9.18 Å². The lowest BCUT2D eigenvalue weighted by atomic mass is 9.90. The van der Waals surface area contributed by atoms with Gasteiger partial charge in [-0.05, 0) is 43.9 Å². The molecule has 9 nitrogen and oxygen atoms in total. The molecule has 164 valence electrons. The van der Waals surface area contributed by atoms with Gasteiger partial charge >= 0.3 is 0 Å². The topological polar surface area (TPSA) is 113 Å². The van der Waals surface area contributed by atoms with Crippen molar-refractivity contribution < 1.29 is 9.18 Å². The predicted molar refractivity (Wildman–Crippen MR) is 115 cm³/mol. The van der Waals surface area contributed by atoms with E-state index in [-0.39, 0.29) is 34.9 Å². The maximum absolute atomic E-state index is 14.3. The van der Waals surface area contributed by atoms with Crippen LogP contribution < -0.4 is 5.32 Å². The zero-order valence-electron chi connectivity index (χ0n) is 17.9. The molecule has 32 heavy (non-hydrogen) atoms. The molecule has 3 aromatic heterocycles. The van der Waals surface area contributed by atoms with Crippen LogP contribution >= 0.6 is 0 Å². The fourth-order valence-corrected chi connectivity index (χ4v) is 3.99. The maximum atomic E-state index is 14.3. The van der Waals surface area contributed by atoms with Crippen LogP contribution in [0.1, 0.15) is 41.5 Å². The second-order valence-corrected chi connectivity index (χ2v) is 7.87. The molecule has 4 rings (SSSR count). The molecular formula is C22H23FN8O. The number of aromatic nitrogens is 5. The number of aryl methyl sites for hydroxylation is 1. The fraction of sp³-hybridized carbons (Fsp3) is 0.364. The van der Waals surface area contributed by atoms with E-state index in [4.69, 9.17) is 5.26 Å². The Bertz CT molecular complexity index is 1160. The van der Waals surface area contributed by atoms with Crippen LogP contribution in [0.2, 0.25) is 0 Å². The number of amides is 1.